The van der Waals surface area contributed by atoms with Crippen LogP contribution in [0.25, 0.3) is 0 Å². The quantitative estimate of drug-likeness (QED) is 0.0157. The molecule has 0 heterocycles. The smallest absolute Gasteiger partial charge is 0.462 e. The summed E-state index contributed by atoms with van der Waals surface area (Å²) in [5.41, 5.74) is 0. The fourth-order valence-corrected chi connectivity index (χ4v) is 6.97. The number of unbranched alkanes of at least 4 members (excludes halogenated alkanes) is 10. The number of allylic oxidation sites excluding steroid dienone is 12. The second-order valence-corrected chi connectivity index (χ2v) is 16.2. The SMILES string of the molecule is CC/C=C\C/C=C\C/C=C\C/C=C\C/C=C\CCCCCC(=O)OC(COC(=O)CCCCCCC/C=C\CCCC)COP(=O)(O)OC1C(O)C(O)C(O)C(O)C1O. The number of carbonyl (C=O) groups is 2. The molecule has 14 heteroatoms. The van der Waals surface area contributed by atoms with Crippen LogP contribution in [-0.2, 0) is 32.7 Å². The van der Waals surface area contributed by atoms with Crippen molar-refractivity contribution in [2.75, 3.05) is 13.2 Å². The van der Waals surface area contributed by atoms with Gasteiger partial charge in [0.25, 0.3) is 0 Å². The third-order valence-corrected chi connectivity index (χ3v) is 10.5. The fraction of sp³-hybridized carbons (Fsp3) is 0.689. The number of rotatable bonds is 34. The summed E-state index contributed by atoms with van der Waals surface area (Å²) in [6.45, 7) is 3.08. The van der Waals surface area contributed by atoms with Gasteiger partial charge in [-0.2, -0.15) is 0 Å². The maximum Gasteiger partial charge on any atom is 0.472 e. The van der Waals surface area contributed by atoms with Gasteiger partial charge >= 0.3 is 19.8 Å². The van der Waals surface area contributed by atoms with E-state index in [-0.39, 0.29) is 12.8 Å². The van der Waals surface area contributed by atoms with Gasteiger partial charge in [0, 0.05) is 12.8 Å². The van der Waals surface area contributed by atoms with Gasteiger partial charge in [0.15, 0.2) is 6.10 Å². The van der Waals surface area contributed by atoms with Crippen molar-refractivity contribution in [2.24, 2.45) is 0 Å². The molecule has 0 aromatic heterocycles. The Balaban J connectivity index is 2.52. The highest BCUT2D eigenvalue weighted by atomic mass is 31.2. The van der Waals surface area contributed by atoms with E-state index in [0.29, 0.717) is 12.8 Å². The molecule has 0 aromatic carbocycles. The van der Waals surface area contributed by atoms with E-state index in [4.69, 9.17) is 18.5 Å². The van der Waals surface area contributed by atoms with E-state index in [1.54, 1.807) is 0 Å². The minimum atomic E-state index is -5.13. The van der Waals surface area contributed by atoms with Gasteiger partial charge in [-0.3, -0.25) is 18.6 Å². The third-order valence-electron chi connectivity index (χ3n) is 9.53. The van der Waals surface area contributed by atoms with Gasteiger partial charge in [0.2, 0.25) is 0 Å². The van der Waals surface area contributed by atoms with Gasteiger partial charge in [-0.1, -0.05) is 125 Å². The fourth-order valence-electron chi connectivity index (χ4n) is 6.00. The number of ether oxygens (including phenoxy) is 2. The minimum Gasteiger partial charge on any atom is -0.462 e. The Hall–Kier alpha value is -2.71. The summed E-state index contributed by atoms with van der Waals surface area (Å²) < 4.78 is 33.4. The van der Waals surface area contributed by atoms with Crippen LogP contribution in [-0.4, -0.2) is 98.3 Å². The van der Waals surface area contributed by atoms with Crippen LogP contribution in [0.4, 0.5) is 0 Å². The third kappa shape index (κ3) is 27.7. The van der Waals surface area contributed by atoms with Gasteiger partial charge in [0.05, 0.1) is 6.61 Å². The minimum absolute atomic E-state index is 0.0521. The van der Waals surface area contributed by atoms with E-state index in [1.807, 2.05) is 0 Å². The molecule has 0 aliphatic heterocycles. The number of carbonyl (C=O) groups excluding carboxylic acids is 2. The Kier molecular flexibility index (Phi) is 32.2. The summed E-state index contributed by atoms with van der Waals surface area (Å²) >= 11 is 0. The molecular formula is C45H75O13P. The van der Waals surface area contributed by atoms with Gasteiger partial charge < -0.3 is 39.9 Å². The lowest BCUT2D eigenvalue weighted by molar-refractivity contribution is -0.220. The second kappa shape index (κ2) is 34.9. The van der Waals surface area contributed by atoms with Crippen molar-refractivity contribution >= 4 is 19.8 Å². The molecule has 1 rings (SSSR count). The van der Waals surface area contributed by atoms with Crippen LogP contribution in [0.1, 0.15) is 142 Å². The molecule has 0 amide bonds. The Morgan fingerprint density at radius 2 is 0.966 bits per heavy atom. The zero-order valence-electron chi connectivity index (χ0n) is 35.5. The molecule has 0 saturated heterocycles. The molecule has 6 atom stereocenters. The standard InChI is InChI=1S/C45H75O13P/c1-3-5-7-9-11-13-15-16-17-18-19-20-21-22-24-26-28-30-32-34-39(47)57-37(35-55-38(46)33-31-29-27-25-23-14-12-10-8-6-4-2)36-56-59(53,54)58-45-43(51)41(49)40(48)42(50)44(45)52/h5,7,10-13,16-17,19-20,22,24,37,40-45,48-52H,3-4,6,8-9,14-15,18,21,23,25-36H2,1-2H3,(H,53,54)/b7-5-,12-10-,13-11-,17-16-,20-19-,24-22-. The van der Waals surface area contributed by atoms with Crippen LogP contribution in [0.15, 0.2) is 72.9 Å². The summed E-state index contributed by atoms with van der Waals surface area (Å²) in [6.07, 6.45) is 29.7. The Labute approximate surface area is 353 Å². The largest absolute Gasteiger partial charge is 0.472 e. The van der Waals surface area contributed by atoms with Crippen molar-refractivity contribution in [1.82, 2.24) is 0 Å². The summed E-state index contributed by atoms with van der Waals surface area (Å²) in [5, 5.41) is 50.1. The van der Waals surface area contributed by atoms with Crippen LogP contribution < -0.4 is 0 Å². The second-order valence-electron chi connectivity index (χ2n) is 14.8. The molecule has 1 fully saturated rings. The maximum absolute atomic E-state index is 12.8. The van der Waals surface area contributed by atoms with Crippen LogP contribution >= 0.6 is 7.82 Å². The first kappa shape index (κ1) is 54.3. The molecule has 1 aliphatic rings. The van der Waals surface area contributed by atoms with Crippen LogP contribution in [0, 0.1) is 0 Å². The normalized spacial score (nSPS) is 23.1. The molecule has 0 radical (unpaired) electrons. The number of aliphatic hydroxyl groups excluding tert-OH is 5. The molecule has 13 nitrogen and oxygen atoms in total. The average molecular weight is 855 g/mol. The van der Waals surface area contributed by atoms with Gasteiger partial charge in [0.1, 0.15) is 43.2 Å². The highest BCUT2D eigenvalue weighted by molar-refractivity contribution is 7.47. The molecule has 338 valence electrons. The van der Waals surface area contributed by atoms with E-state index in [2.05, 4.69) is 86.8 Å². The molecule has 6 N–H and O–H groups in total. The lowest BCUT2D eigenvalue weighted by Gasteiger charge is -2.41. The van der Waals surface area contributed by atoms with E-state index in [9.17, 15) is 44.6 Å². The summed E-state index contributed by atoms with van der Waals surface area (Å²) in [5.74, 6) is -1.16. The summed E-state index contributed by atoms with van der Waals surface area (Å²) in [6, 6.07) is 0. The summed E-state index contributed by atoms with van der Waals surface area (Å²) in [7, 11) is -5.13. The van der Waals surface area contributed by atoms with Crippen LogP contribution in [0.3, 0.4) is 0 Å². The lowest BCUT2D eigenvalue weighted by Crippen LogP contribution is -2.64. The van der Waals surface area contributed by atoms with Gasteiger partial charge in [-0.15, -0.1) is 0 Å². The van der Waals surface area contributed by atoms with Crippen molar-refractivity contribution in [3.63, 3.8) is 0 Å². The van der Waals surface area contributed by atoms with Crippen molar-refractivity contribution in [1.29, 1.82) is 0 Å². The molecule has 0 spiro atoms. The number of hydrogen-bond acceptors (Lipinski definition) is 12. The Morgan fingerprint density at radius 1 is 0.542 bits per heavy atom. The molecule has 0 aromatic rings. The van der Waals surface area contributed by atoms with Crippen molar-refractivity contribution in [3.05, 3.63) is 72.9 Å². The molecule has 1 aliphatic carbocycles. The predicted molar refractivity (Wildman–Crippen MR) is 230 cm³/mol. The first-order valence-corrected chi connectivity index (χ1v) is 23.2. The van der Waals surface area contributed by atoms with Crippen molar-refractivity contribution in [2.45, 2.75) is 185 Å². The van der Waals surface area contributed by atoms with Crippen molar-refractivity contribution in [3.8, 4) is 0 Å². The van der Waals surface area contributed by atoms with Crippen molar-refractivity contribution < 1.29 is 63.1 Å². The Morgan fingerprint density at radius 3 is 1.51 bits per heavy atom. The zero-order valence-corrected chi connectivity index (χ0v) is 36.4. The molecule has 0 bridgehead atoms. The zero-order chi connectivity index (χ0) is 43.6. The number of aliphatic hydroxyl groups is 5. The predicted octanol–water partition coefficient (Wildman–Crippen LogP) is 7.94. The average Bonchev–Trinajstić information content (AvgIpc) is 3.21. The monoisotopic (exact) mass is 854 g/mol. The first-order valence-electron chi connectivity index (χ1n) is 21.7. The molecular weight excluding hydrogens is 779 g/mol. The molecule has 1 saturated carbocycles. The van der Waals surface area contributed by atoms with Crippen LogP contribution in [0.5, 0.6) is 0 Å². The first-order chi connectivity index (χ1) is 28.4. The topological polar surface area (TPSA) is 210 Å². The number of phosphoric ester groups is 1. The number of esters is 2. The Bertz CT molecular complexity index is 1310. The maximum atomic E-state index is 12.8. The van der Waals surface area contributed by atoms with Gasteiger partial charge in [-0.05, 0) is 77.0 Å². The number of phosphoric acid groups is 1. The molecule has 59 heavy (non-hydrogen) atoms. The summed E-state index contributed by atoms with van der Waals surface area (Å²) in [4.78, 5) is 35.6. The van der Waals surface area contributed by atoms with E-state index >= 15 is 0 Å². The molecule has 6 unspecified atom stereocenters. The van der Waals surface area contributed by atoms with E-state index < -0.39 is 75.7 Å². The highest BCUT2D eigenvalue weighted by Crippen LogP contribution is 2.47. The lowest BCUT2D eigenvalue weighted by atomic mass is 9.85. The van der Waals surface area contributed by atoms with E-state index in [0.717, 1.165) is 89.9 Å². The van der Waals surface area contributed by atoms with E-state index in [1.165, 1.54) is 12.8 Å². The van der Waals surface area contributed by atoms with Crippen LogP contribution in [0.2, 0.25) is 0 Å². The van der Waals surface area contributed by atoms with Gasteiger partial charge in [-0.25, -0.2) is 4.57 Å². The highest BCUT2D eigenvalue weighted by Gasteiger charge is 2.51. The number of hydrogen-bond donors (Lipinski definition) is 6.